The molecule has 0 unspecified atom stereocenters. The molecule has 0 spiro atoms. The number of nitrogens with zero attached hydrogens (tertiary/aromatic N) is 1. The van der Waals surface area contributed by atoms with Gasteiger partial charge < -0.3 is 0 Å². The van der Waals surface area contributed by atoms with Gasteiger partial charge in [0.05, 0.1) is 0 Å². The van der Waals surface area contributed by atoms with Gasteiger partial charge in [-0.2, -0.15) is 0 Å². The molecule has 1 aromatic heterocycles. The first-order chi connectivity index (χ1) is 5.18. The molecule has 58 valence electrons. The average molecular weight is 170 g/mol. The smallest absolute Gasteiger partial charge is 0.226 e. The minimum absolute atomic E-state index is 0.259. The van der Waals surface area contributed by atoms with Crippen molar-refractivity contribution in [1.82, 2.24) is 4.98 Å². The number of hydrogen-bond acceptors (Lipinski definition) is 2. The first kappa shape index (κ1) is 8.21. The highest BCUT2D eigenvalue weighted by atomic mass is 35.5. The Bertz CT molecular complexity index is 255. The SMILES string of the molecule is Cc1ccc(CC(=O)Cl)cn1. The zero-order valence-corrected chi connectivity index (χ0v) is 6.93. The van der Waals surface area contributed by atoms with Crippen LogP contribution in [-0.4, -0.2) is 10.2 Å². The predicted octanol–water partition coefficient (Wildman–Crippen LogP) is 1.70. The average Bonchev–Trinajstić information content (AvgIpc) is 1.93. The first-order valence-corrected chi connectivity index (χ1v) is 3.66. The summed E-state index contributed by atoms with van der Waals surface area (Å²) in [5.41, 5.74) is 1.80. The van der Waals surface area contributed by atoms with Gasteiger partial charge in [0.15, 0.2) is 0 Å². The van der Waals surface area contributed by atoms with Crippen molar-refractivity contribution in [2.45, 2.75) is 13.3 Å². The third-order valence-electron chi connectivity index (χ3n) is 1.32. The fourth-order valence-corrected chi connectivity index (χ4v) is 0.918. The van der Waals surface area contributed by atoms with Crippen molar-refractivity contribution in [2.75, 3.05) is 0 Å². The van der Waals surface area contributed by atoms with E-state index in [0.717, 1.165) is 11.3 Å². The van der Waals surface area contributed by atoms with Crippen LogP contribution in [0.25, 0.3) is 0 Å². The summed E-state index contributed by atoms with van der Waals surface area (Å²) in [6.07, 6.45) is 1.92. The summed E-state index contributed by atoms with van der Waals surface area (Å²) in [6, 6.07) is 3.71. The van der Waals surface area contributed by atoms with Crippen LogP contribution in [0.5, 0.6) is 0 Å². The lowest BCUT2D eigenvalue weighted by Gasteiger charge is -1.95. The van der Waals surface area contributed by atoms with Gasteiger partial charge in [0.2, 0.25) is 5.24 Å². The summed E-state index contributed by atoms with van der Waals surface area (Å²) >= 11 is 5.19. The first-order valence-electron chi connectivity index (χ1n) is 3.28. The summed E-state index contributed by atoms with van der Waals surface area (Å²) in [5.74, 6) is 0. The molecule has 3 heteroatoms. The third kappa shape index (κ3) is 2.68. The van der Waals surface area contributed by atoms with Gasteiger partial charge in [0.1, 0.15) is 0 Å². The van der Waals surface area contributed by atoms with Gasteiger partial charge in [0.25, 0.3) is 0 Å². The van der Waals surface area contributed by atoms with E-state index >= 15 is 0 Å². The van der Waals surface area contributed by atoms with E-state index in [9.17, 15) is 4.79 Å². The molecular formula is C8H8ClNO. The molecule has 0 saturated heterocycles. The summed E-state index contributed by atoms with van der Waals surface area (Å²) in [7, 11) is 0. The standard InChI is InChI=1S/C8H8ClNO/c1-6-2-3-7(5-10-6)4-8(9)11/h2-3,5H,4H2,1H3. The van der Waals surface area contributed by atoms with Crippen LogP contribution in [0.15, 0.2) is 18.3 Å². The zero-order valence-electron chi connectivity index (χ0n) is 6.17. The molecule has 0 atom stereocenters. The number of pyridine rings is 1. The summed E-state index contributed by atoms with van der Waals surface area (Å²) in [4.78, 5) is 14.5. The molecular weight excluding hydrogens is 162 g/mol. The fourth-order valence-electron chi connectivity index (χ4n) is 0.763. The van der Waals surface area contributed by atoms with Gasteiger partial charge in [-0.3, -0.25) is 9.78 Å². The number of halogens is 1. The Hall–Kier alpha value is -0.890. The van der Waals surface area contributed by atoms with E-state index < -0.39 is 0 Å². The van der Waals surface area contributed by atoms with Crippen molar-refractivity contribution in [2.24, 2.45) is 0 Å². The Morgan fingerprint density at radius 3 is 2.82 bits per heavy atom. The van der Waals surface area contributed by atoms with Crippen LogP contribution in [0.4, 0.5) is 0 Å². The molecule has 0 amide bonds. The molecule has 11 heavy (non-hydrogen) atoms. The Morgan fingerprint density at radius 2 is 2.36 bits per heavy atom. The van der Waals surface area contributed by atoms with Crippen LogP contribution in [0, 0.1) is 6.92 Å². The predicted molar refractivity (Wildman–Crippen MR) is 43.5 cm³/mol. The molecule has 0 aliphatic rings. The van der Waals surface area contributed by atoms with Crippen LogP contribution in [0.2, 0.25) is 0 Å². The van der Waals surface area contributed by atoms with E-state index in [-0.39, 0.29) is 11.7 Å². The van der Waals surface area contributed by atoms with Crippen LogP contribution in [0.1, 0.15) is 11.3 Å². The second kappa shape index (κ2) is 3.49. The maximum absolute atomic E-state index is 10.4. The fraction of sp³-hybridized carbons (Fsp3) is 0.250. The Kier molecular flexibility index (Phi) is 2.60. The molecule has 0 saturated carbocycles. The summed E-state index contributed by atoms with van der Waals surface area (Å²) < 4.78 is 0. The lowest BCUT2D eigenvalue weighted by atomic mass is 10.2. The highest BCUT2D eigenvalue weighted by Crippen LogP contribution is 2.01. The van der Waals surface area contributed by atoms with Gasteiger partial charge in [-0.25, -0.2) is 0 Å². The molecule has 1 aromatic rings. The maximum atomic E-state index is 10.4. The lowest BCUT2D eigenvalue weighted by Crippen LogP contribution is -1.94. The number of hydrogen-bond donors (Lipinski definition) is 0. The number of rotatable bonds is 2. The number of aromatic nitrogens is 1. The number of carbonyl (C=O) groups is 1. The van der Waals surface area contributed by atoms with Gasteiger partial charge in [-0.15, -0.1) is 0 Å². The minimum Gasteiger partial charge on any atom is -0.281 e. The van der Waals surface area contributed by atoms with Crippen molar-refractivity contribution in [3.8, 4) is 0 Å². The Labute approximate surface area is 70.2 Å². The van der Waals surface area contributed by atoms with Crippen LogP contribution >= 0.6 is 11.6 Å². The van der Waals surface area contributed by atoms with E-state index in [1.807, 2.05) is 19.1 Å². The molecule has 0 radical (unpaired) electrons. The van der Waals surface area contributed by atoms with Crippen molar-refractivity contribution >= 4 is 16.8 Å². The Balaban J connectivity index is 2.74. The monoisotopic (exact) mass is 169 g/mol. The molecule has 1 rings (SSSR count). The Morgan fingerprint density at radius 1 is 1.64 bits per heavy atom. The van der Waals surface area contributed by atoms with Gasteiger partial charge >= 0.3 is 0 Å². The van der Waals surface area contributed by atoms with E-state index in [2.05, 4.69) is 4.98 Å². The molecule has 0 aliphatic heterocycles. The van der Waals surface area contributed by atoms with Crippen molar-refractivity contribution in [3.63, 3.8) is 0 Å². The van der Waals surface area contributed by atoms with Crippen molar-refractivity contribution < 1.29 is 4.79 Å². The van der Waals surface area contributed by atoms with E-state index in [1.165, 1.54) is 0 Å². The molecule has 0 fully saturated rings. The third-order valence-corrected chi connectivity index (χ3v) is 1.45. The van der Waals surface area contributed by atoms with Crippen molar-refractivity contribution in [1.29, 1.82) is 0 Å². The normalized spacial score (nSPS) is 9.64. The molecule has 2 nitrogen and oxygen atoms in total. The second-order valence-electron chi connectivity index (χ2n) is 2.34. The lowest BCUT2D eigenvalue weighted by molar-refractivity contribution is -0.111. The maximum Gasteiger partial charge on any atom is 0.226 e. The number of aryl methyl sites for hydroxylation is 1. The molecule has 0 aliphatic carbocycles. The van der Waals surface area contributed by atoms with E-state index in [0.29, 0.717) is 0 Å². The van der Waals surface area contributed by atoms with Gasteiger partial charge in [-0.1, -0.05) is 6.07 Å². The molecule has 0 bridgehead atoms. The zero-order chi connectivity index (χ0) is 8.27. The largest absolute Gasteiger partial charge is 0.281 e. The second-order valence-corrected chi connectivity index (χ2v) is 2.76. The quantitative estimate of drug-likeness (QED) is 0.631. The minimum atomic E-state index is -0.351. The van der Waals surface area contributed by atoms with E-state index in [1.54, 1.807) is 6.20 Å². The number of carbonyl (C=O) groups excluding carboxylic acids is 1. The summed E-state index contributed by atoms with van der Waals surface area (Å²) in [6.45, 7) is 1.90. The molecule has 1 heterocycles. The van der Waals surface area contributed by atoms with Crippen LogP contribution in [-0.2, 0) is 11.2 Å². The van der Waals surface area contributed by atoms with Gasteiger partial charge in [0, 0.05) is 18.3 Å². The van der Waals surface area contributed by atoms with Crippen LogP contribution < -0.4 is 0 Å². The van der Waals surface area contributed by atoms with E-state index in [4.69, 9.17) is 11.6 Å². The molecule has 0 N–H and O–H groups in total. The highest BCUT2D eigenvalue weighted by molar-refractivity contribution is 6.63. The summed E-state index contributed by atoms with van der Waals surface area (Å²) in [5, 5.41) is -0.351. The van der Waals surface area contributed by atoms with Gasteiger partial charge in [-0.05, 0) is 30.2 Å². The highest BCUT2D eigenvalue weighted by Gasteiger charge is 1.98. The van der Waals surface area contributed by atoms with Crippen molar-refractivity contribution in [3.05, 3.63) is 29.6 Å². The van der Waals surface area contributed by atoms with Crippen LogP contribution in [0.3, 0.4) is 0 Å². The topological polar surface area (TPSA) is 30.0 Å². The molecule has 0 aromatic carbocycles.